The number of hydrogen-bond donors (Lipinski definition) is 2. The molecule has 0 saturated carbocycles. The lowest BCUT2D eigenvalue weighted by Gasteiger charge is -2.08. The molecule has 2 N–H and O–H groups in total. The molecule has 4 nitrogen and oxygen atoms in total. The molecule has 0 aliphatic rings. The average molecular weight is 306 g/mol. The van der Waals surface area contributed by atoms with Gasteiger partial charge in [-0.05, 0) is 0 Å². The highest BCUT2D eigenvalue weighted by molar-refractivity contribution is 6.16. The van der Waals surface area contributed by atoms with E-state index in [9.17, 15) is 31.5 Å². The minimum atomic E-state index is -2.45. The first-order chi connectivity index (χ1) is 9.68. The summed E-state index contributed by atoms with van der Waals surface area (Å²) in [7, 11) is 0. The summed E-state index contributed by atoms with van der Waals surface area (Å²) in [6.07, 6.45) is 0.217. The molecule has 0 aliphatic carbocycles. The van der Waals surface area contributed by atoms with E-state index in [2.05, 4.69) is 0 Å². The SMILES string of the molecule is O=C(O)C#CC=C(C(=O)O)c1c(F)c(F)c(F)c(F)c1F. The van der Waals surface area contributed by atoms with Crippen molar-refractivity contribution in [1.82, 2.24) is 0 Å². The van der Waals surface area contributed by atoms with E-state index in [0.717, 1.165) is 0 Å². The molecule has 0 spiro atoms. The Bertz CT molecular complexity index is 698. The Balaban J connectivity index is 3.67. The van der Waals surface area contributed by atoms with E-state index in [0.29, 0.717) is 0 Å². The van der Waals surface area contributed by atoms with Gasteiger partial charge in [0.25, 0.3) is 0 Å². The minimum absolute atomic E-state index is 0.217. The highest BCUT2D eigenvalue weighted by atomic mass is 19.2. The second kappa shape index (κ2) is 6.04. The largest absolute Gasteiger partial charge is 0.478 e. The Morgan fingerprint density at radius 2 is 1.29 bits per heavy atom. The lowest BCUT2D eigenvalue weighted by Crippen LogP contribution is -2.11. The molecule has 110 valence electrons. The number of carboxylic acids is 2. The van der Waals surface area contributed by atoms with Crippen LogP contribution in [0.4, 0.5) is 22.0 Å². The van der Waals surface area contributed by atoms with Crippen LogP contribution >= 0.6 is 0 Å². The van der Waals surface area contributed by atoms with E-state index in [1.807, 2.05) is 0 Å². The number of halogens is 5. The zero-order chi connectivity index (χ0) is 16.3. The Kier molecular flexibility index (Phi) is 4.65. The number of carboxylic acid groups (broad SMARTS) is 2. The minimum Gasteiger partial charge on any atom is -0.478 e. The summed E-state index contributed by atoms with van der Waals surface area (Å²) in [5.41, 5.74) is -3.09. The topological polar surface area (TPSA) is 74.6 Å². The average Bonchev–Trinajstić information content (AvgIpc) is 2.40. The maximum absolute atomic E-state index is 13.4. The molecule has 1 aromatic rings. The van der Waals surface area contributed by atoms with Gasteiger partial charge in [-0.3, -0.25) is 0 Å². The third-order valence-electron chi connectivity index (χ3n) is 2.11. The van der Waals surface area contributed by atoms with Crippen LogP contribution in [-0.4, -0.2) is 22.2 Å². The highest BCUT2D eigenvalue weighted by Gasteiger charge is 2.29. The van der Waals surface area contributed by atoms with Gasteiger partial charge in [-0.15, -0.1) is 0 Å². The third kappa shape index (κ3) is 3.17. The molecule has 0 unspecified atom stereocenters. The molecule has 0 aliphatic heterocycles. The predicted molar refractivity (Wildman–Crippen MR) is 57.3 cm³/mol. The lowest BCUT2D eigenvalue weighted by molar-refractivity contribution is -0.131. The van der Waals surface area contributed by atoms with Crippen molar-refractivity contribution in [2.45, 2.75) is 0 Å². The first-order valence-electron chi connectivity index (χ1n) is 4.88. The van der Waals surface area contributed by atoms with Gasteiger partial charge in [-0.25, -0.2) is 31.5 Å². The van der Waals surface area contributed by atoms with Crippen molar-refractivity contribution in [3.8, 4) is 11.8 Å². The monoisotopic (exact) mass is 306 g/mol. The number of allylic oxidation sites excluding steroid dienone is 1. The number of carbonyl (C=O) groups is 2. The molecular weight excluding hydrogens is 303 g/mol. The quantitative estimate of drug-likeness (QED) is 0.288. The van der Waals surface area contributed by atoms with E-state index >= 15 is 0 Å². The van der Waals surface area contributed by atoms with Gasteiger partial charge in [0.15, 0.2) is 23.3 Å². The summed E-state index contributed by atoms with van der Waals surface area (Å²) in [4.78, 5) is 20.9. The molecule has 0 fully saturated rings. The van der Waals surface area contributed by atoms with Crippen molar-refractivity contribution >= 4 is 17.5 Å². The number of rotatable bonds is 2. The van der Waals surface area contributed by atoms with E-state index < -0.39 is 52.2 Å². The summed E-state index contributed by atoms with van der Waals surface area (Å²) in [5.74, 6) is -12.6. The number of hydrogen-bond acceptors (Lipinski definition) is 2. The molecule has 0 radical (unpaired) electrons. The van der Waals surface area contributed by atoms with Crippen LogP contribution in [0, 0.1) is 40.9 Å². The molecule has 0 heterocycles. The zero-order valence-electron chi connectivity index (χ0n) is 9.68. The smallest absolute Gasteiger partial charge is 0.382 e. The maximum Gasteiger partial charge on any atom is 0.382 e. The van der Waals surface area contributed by atoms with Gasteiger partial charge in [-0.1, -0.05) is 5.92 Å². The normalized spacial score (nSPS) is 10.8. The van der Waals surface area contributed by atoms with Crippen LogP contribution in [0.25, 0.3) is 5.57 Å². The van der Waals surface area contributed by atoms with Crippen LogP contribution in [0.5, 0.6) is 0 Å². The van der Waals surface area contributed by atoms with Gasteiger partial charge >= 0.3 is 11.9 Å². The molecule has 0 atom stereocenters. The molecule has 0 amide bonds. The first-order valence-corrected chi connectivity index (χ1v) is 4.88. The van der Waals surface area contributed by atoms with Crippen LogP contribution in [-0.2, 0) is 9.59 Å². The van der Waals surface area contributed by atoms with Crippen molar-refractivity contribution in [2.24, 2.45) is 0 Å². The Labute approximate surface area is 113 Å². The second-order valence-corrected chi connectivity index (χ2v) is 3.38. The van der Waals surface area contributed by atoms with Gasteiger partial charge in [0.2, 0.25) is 5.82 Å². The van der Waals surface area contributed by atoms with Crippen molar-refractivity contribution in [2.75, 3.05) is 0 Å². The van der Waals surface area contributed by atoms with Gasteiger partial charge in [0.1, 0.15) is 0 Å². The summed E-state index contributed by atoms with van der Waals surface area (Å²) >= 11 is 0. The van der Waals surface area contributed by atoms with Crippen LogP contribution in [0.15, 0.2) is 6.08 Å². The van der Waals surface area contributed by atoms with E-state index in [4.69, 9.17) is 10.2 Å². The van der Waals surface area contributed by atoms with Crippen molar-refractivity contribution in [1.29, 1.82) is 0 Å². The van der Waals surface area contributed by atoms with Gasteiger partial charge in [0, 0.05) is 12.0 Å². The van der Waals surface area contributed by atoms with E-state index in [-0.39, 0.29) is 6.08 Å². The van der Waals surface area contributed by atoms with Crippen LogP contribution in [0.1, 0.15) is 5.56 Å². The summed E-state index contributed by atoms with van der Waals surface area (Å²) in [5, 5.41) is 16.9. The molecule has 1 aromatic carbocycles. The van der Waals surface area contributed by atoms with Gasteiger partial charge in [-0.2, -0.15) is 0 Å². The molecule has 0 bridgehead atoms. The molecular formula is C12H3F5O4. The predicted octanol–water partition coefficient (Wildman–Crippen LogP) is 1.94. The van der Waals surface area contributed by atoms with Gasteiger partial charge < -0.3 is 10.2 Å². The Morgan fingerprint density at radius 1 is 0.857 bits per heavy atom. The second-order valence-electron chi connectivity index (χ2n) is 3.38. The first kappa shape index (κ1) is 16.2. The molecule has 21 heavy (non-hydrogen) atoms. The summed E-state index contributed by atoms with van der Waals surface area (Å²) in [6, 6.07) is 0. The van der Waals surface area contributed by atoms with Crippen molar-refractivity contribution < 1.29 is 41.8 Å². The number of benzene rings is 1. The molecule has 0 aromatic heterocycles. The summed E-state index contributed by atoms with van der Waals surface area (Å²) in [6.45, 7) is 0. The highest BCUT2D eigenvalue weighted by Crippen LogP contribution is 2.28. The Morgan fingerprint density at radius 3 is 1.67 bits per heavy atom. The Hall–Kier alpha value is -2.89. The maximum atomic E-state index is 13.4. The van der Waals surface area contributed by atoms with Gasteiger partial charge in [0.05, 0.1) is 11.1 Å². The summed E-state index contributed by atoms with van der Waals surface area (Å²) < 4.78 is 65.6. The standard InChI is InChI=1S/C12H3F5O4/c13-7-6(8(14)10(16)11(17)9(7)15)4(12(20)21)2-1-3-5(18)19/h2H,(H,18,19)(H,20,21). The van der Waals surface area contributed by atoms with Crippen molar-refractivity contribution in [3.63, 3.8) is 0 Å². The molecule has 1 rings (SSSR count). The van der Waals surface area contributed by atoms with E-state index in [1.165, 1.54) is 5.92 Å². The molecule has 0 saturated heterocycles. The lowest BCUT2D eigenvalue weighted by atomic mass is 10.0. The van der Waals surface area contributed by atoms with Crippen molar-refractivity contribution in [3.05, 3.63) is 40.7 Å². The fourth-order valence-corrected chi connectivity index (χ4v) is 1.25. The fraction of sp³-hybridized carbons (Fsp3) is 0. The van der Waals surface area contributed by atoms with E-state index in [1.54, 1.807) is 5.92 Å². The van der Waals surface area contributed by atoms with Crippen LogP contribution < -0.4 is 0 Å². The fourth-order valence-electron chi connectivity index (χ4n) is 1.25. The number of aliphatic carboxylic acids is 2. The van der Waals surface area contributed by atoms with Crippen LogP contribution in [0.2, 0.25) is 0 Å². The zero-order valence-corrected chi connectivity index (χ0v) is 9.68. The molecule has 9 heteroatoms. The third-order valence-corrected chi connectivity index (χ3v) is 2.11. The van der Waals surface area contributed by atoms with Crippen LogP contribution in [0.3, 0.4) is 0 Å².